The lowest BCUT2D eigenvalue weighted by molar-refractivity contribution is -0.140. The molecule has 0 radical (unpaired) electrons. The van der Waals surface area contributed by atoms with E-state index < -0.39 is 10.0 Å². The van der Waals surface area contributed by atoms with Crippen LogP contribution in [0.1, 0.15) is 50.5 Å². The van der Waals surface area contributed by atoms with E-state index in [1.54, 1.807) is 13.8 Å². The minimum absolute atomic E-state index is 0.103. The first-order chi connectivity index (χ1) is 11.8. The highest BCUT2D eigenvalue weighted by atomic mass is 32.2. The summed E-state index contributed by atoms with van der Waals surface area (Å²) in [6.45, 7) is 6.78. The molecule has 3 heterocycles. The molecule has 2 aliphatic heterocycles. The lowest BCUT2D eigenvalue weighted by Crippen LogP contribution is -2.50. The van der Waals surface area contributed by atoms with Crippen LogP contribution in [0.4, 0.5) is 0 Å². The predicted octanol–water partition coefficient (Wildman–Crippen LogP) is 2.09. The summed E-state index contributed by atoms with van der Waals surface area (Å²) in [6, 6.07) is 0.246. The summed E-state index contributed by atoms with van der Waals surface area (Å²) in [7, 11) is -3.68. The van der Waals surface area contributed by atoms with Crippen LogP contribution in [-0.4, -0.2) is 54.4 Å². The highest BCUT2D eigenvalue weighted by molar-refractivity contribution is 7.89. The third kappa shape index (κ3) is 3.46. The molecule has 7 nitrogen and oxygen atoms in total. The van der Waals surface area contributed by atoms with Crippen molar-refractivity contribution >= 4 is 15.9 Å². The van der Waals surface area contributed by atoms with Crippen molar-refractivity contribution in [2.75, 3.05) is 19.6 Å². The van der Waals surface area contributed by atoms with E-state index in [1.165, 1.54) is 4.31 Å². The molecule has 1 amide bonds. The molecule has 0 saturated carbocycles. The number of carbonyl (C=O) groups is 1. The van der Waals surface area contributed by atoms with Gasteiger partial charge in [-0.15, -0.1) is 0 Å². The zero-order chi connectivity index (χ0) is 18.2. The summed E-state index contributed by atoms with van der Waals surface area (Å²) >= 11 is 0. The van der Waals surface area contributed by atoms with Crippen LogP contribution in [0.2, 0.25) is 0 Å². The maximum atomic E-state index is 13.0. The molecular formula is C17H27N3O4S. The summed E-state index contributed by atoms with van der Waals surface area (Å²) < 4.78 is 32.5. The van der Waals surface area contributed by atoms with E-state index in [4.69, 9.17) is 4.52 Å². The number of aromatic nitrogens is 1. The van der Waals surface area contributed by atoms with Crippen molar-refractivity contribution < 1.29 is 17.7 Å². The molecule has 0 bridgehead atoms. The zero-order valence-corrected chi connectivity index (χ0v) is 16.0. The Kier molecular flexibility index (Phi) is 5.20. The molecular weight excluding hydrogens is 342 g/mol. The van der Waals surface area contributed by atoms with Crippen molar-refractivity contribution in [2.45, 2.75) is 63.8 Å². The van der Waals surface area contributed by atoms with Crippen LogP contribution in [0.15, 0.2) is 9.42 Å². The Hall–Kier alpha value is -1.41. The van der Waals surface area contributed by atoms with E-state index in [9.17, 15) is 13.2 Å². The first-order valence-electron chi connectivity index (χ1n) is 9.06. The Balaban J connectivity index is 1.78. The van der Waals surface area contributed by atoms with Crippen molar-refractivity contribution in [2.24, 2.45) is 5.92 Å². The first kappa shape index (κ1) is 18.4. The number of hydrogen-bond acceptors (Lipinski definition) is 5. The van der Waals surface area contributed by atoms with Crippen molar-refractivity contribution in [1.29, 1.82) is 0 Å². The minimum Gasteiger partial charge on any atom is -0.360 e. The number of likely N-dealkylation sites (tertiary alicyclic amines) is 1. The van der Waals surface area contributed by atoms with Gasteiger partial charge in [0.1, 0.15) is 10.6 Å². The standard InChI is InChI=1S/C17H27N3O4S/c1-12-7-4-5-10-20(12)17(21)15-8-6-9-19(11-15)25(22,23)16-13(2)18-24-14(16)3/h12,15H,4-11H2,1-3H3. The number of aryl methyl sites for hydroxylation is 2. The highest BCUT2D eigenvalue weighted by Crippen LogP contribution is 2.29. The van der Waals surface area contributed by atoms with Crippen LogP contribution in [0.3, 0.4) is 0 Å². The fourth-order valence-corrected chi connectivity index (χ4v) is 5.81. The van der Waals surface area contributed by atoms with Gasteiger partial charge >= 0.3 is 0 Å². The van der Waals surface area contributed by atoms with Gasteiger partial charge in [-0.1, -0.05) is 5.16 Å². The SMILES string of the molecule is Cc1noc(C)c1S(=O)(=O)N1CCCC(C(=O)N2CCCCC2C)C1. The second-order valence-corrected chi connectivity index (χ2v) is 9.11. The van der Waals surface area contributed by atoms with Crippen LogP contribution in [0.5, 0.6) is 0 Å². The summed E-state index contributed by atoms with van der Waals surface area (Å²) in [5.74, 6) is 0.144. The number of piperidine rings is 2. The van der Waals surface area contributed by atoms with E-state index in [-0.39, 0.29) is 29.3 Å². The van der Waals surface area contributed by atoms with Crippen LogP contribution >= 0.6 is 0 Å². The Morgan fingerprint density at radius 3 is 2.56 bits per heavy atom. The summed E-state index contributed by atoms with van der Waals surface area (Å²) in [5.41, 5.74) is 0.371. The number of sulfonamides is 1. The Bertz CT molecular complexity index is 724. The van der Waals surface area contributed by atoms with Gasteiger partial charge in [0, 0.05) is 25.7 Å². The van der Waals surface area contributed by atoms with Crippen molar-refractivity contribution in [3.8, 4) is 0 Å². The molecule has 1 aromatic rings. The highest BCUT2D eigenvalue weighted by Gasteiger charge is 2.38. The van der Waals surface area contributed by atoms with Gasteiger partial charge in [0.05, 0.1) is 5.92 Å². The number of nitrogens with zero attached hydrogens (tertiary/aromatic N) is 3. The van der Waals surface area contributed by atoms with E-state index in [1.807, 2.05) is 4.90 Å². The maximum absolute atomic E-state index is 13.0. The van der Waals surface area contributed by atoms with Crippen LogP contribution < -0.4 is 0 Å². The molecule has 0 aliphatic carbocycles. The Labute approximate surface area is 149 Å². The molecule has 2 fully saturated rings. The quantitative estimate of drug-likeness (QED) is 0.815. The molecule has 2 saturated heterocycles. The van der Waals surface area contributed by atoms with Crippen molar-refractivity contribution in [1.82, 2.24) is 14.4 Å². The molecule has 0 aromatic carbocycles. The number of amides is 1. The molecule has 2 atom stereocenters. The smallest absolute Gasteiger partial charge is 0.248 e. The fourth-order valence-electron chi connectivity index (χ4n) is 3.99. The average molecular weight is 369 g/mol. The molecule has 0 N–H and O–H groups in total. The van der Waals surface area contributed by atoms with Gasteiger partial charge in [0.15, 0.2) is 5.76 Å². The second-order valence-electron chi connectivity index (χ2n) is 7.23. The molecule has 8 heteroatoms. The van der Waals surface area contributed by atoms with Crippen LogP contribution in [0.25, 0.3) is 0 Å². The van der Waals surface area contributed by atoms with E-state index in [0.717, 1.165) is 32.2 Å². The lowest BCUT2D eigenvalue weighted by Gasteiger charge is -2.38. The molecule has 0 spiro atoms. The molecule has 2 unspecified atom stereocenters. The zero-order valence-electron chi connectivity index (χ0n) is 15.2. The normalized spacial score (nSPS) is 26.0. The van der Waals surface area contributed by atoms with Gasteiger partial charge in [0.2, 0.25) is 15.9 Å². The predicted molar refractivity (Wildman–Crippen MR) is 92.5 cm³/mol. The Morgan fingerprint density at radius 1 is 1.16 bits per heavy atom. The lowest BCUT2D eigenvalue weighted by atomic mass is 9.95. The number of hydrogen-bond donors (Lipinski definition) is 0. The van der Waals surface area contributed by atoms with Gasteiger partial charge in [0.25, 0.3) is 0 Å². The fraction of sp³-hybridized carbons (Fsp3) is 0.765. The monoisotopic (exact) mass is 369 g/mol. The average Bonchev–Trinajstić information content (AvgIpc) is 2.94. The Morgan fingerprint density at radius 2 is 1.92 bits per heavy atom. The number of rotatable bonds is 3. The summed E-state index contributed by atoms with van der Waals surface area (Å²) in [4.78, 5) is 15.0. The molecule has 2 aliphatic rings. The largest absolute Gasteiger partial charge is 0.360 e. The van der Waals surface area contributed by atoms with Gasteiger partial charge in [-0.05, 0) is 52.9 Å². The third-order valence-corrected chi connectivity index (χ3v) is 7.50. The molecule has 3 rings (SSSR count). The summed E-state index contributed by atoms with van der Waals surface area (Å²) in [6.07, 6.45) is 4.66. The van der Waals surface area contributed by atoms with E-state index in [0.29, 0.717) is 24.4 Å². The van der Waals surface area contributed by atoms with Crippen LogP contribution in [-0.2, 0) is 14.8 Å². The first-order valence-corrected chi connectivity index (χ1v) is 10.5. The van der Waals surface area contributed by atoms with Gasteiger partial charge in [-0.2, -0.15) is 4.31 Å². The topological polar surface area (TPSA) is 83.7 Å². The van der Waals surface area contributed by atoms with E-state index >= 15 is 0 Å². The van der Waals surface area contributed by atoms with Gasteiger partial charge < -0.3 is 9.42 Å². The van der Waals surface area contributed by atoms with Gasteiger partial charge in [-0.25, -0.2) is 8.42 Å². The summed E-state index contributed by atoms with van der Waals surface area (Å²) in [5, 5.41) is 3.76. The molecule has 1 aromatic heterocycles. The number of carbonyl (C=O) groups excluding carboxylic acids is 1. The van der Waals surface area contributed by atoms with E-state index in [2.05, 4.69) is 12.1 Å². The minimum atomic E-state index is -3.68. The van der Waals surface area contributed by atoms with Crippen molar-refractivity contribution in [3.05, 3.63) is 11.5 Å². The maximum Gasteiger partial charge on any atom is 0.248 e. The van der Waals surface area contributed by atoms with Crippen molar-refractivity contribution in [3.63, 3.8) is 0 Å². The van der Waals surface area contributed by atoms with Gasteiger partial charge in [-0.3, -0.25) is 4.79 Å². The third-order valence-electron chi connectivity index (χ3n) is 5.39. The van der Waals surface area contributed by atoms with Crippen LogP contribution in [0, 0.1) is 19.8 Å². The molecule has 140 valence electrons. The molecule has 25 heavy (non-hydrogen) atoms. The second kappa shape index (κ2) is 7.07.